The SMILES string of the molecule is O=C1CCN(c2ccc(Cl)c(F)c2)CC1. The van der Waals surface area contributed by atoms with Crippen LogP contribution in [0.2, 0.25) is 5.02 Å². The highest BCUT2D eigenvalue weighted by Crippen LogP contribution is 2.23. The van der Waals surface area contributed by atoms with Gasteiger partial charge in [-0.1, -0.05) is 11.6 Å². The predicted molar refractivity (Wildman–Crippen MR) is 57.9 cm³/mol. The number of benzene rings is 1. The maximum absolute atomic E-state index is 13.2. The van der Waals surface area contributed by atoms with Gasteiger partial charge in [-0.3, -0.25) is 4.79 Å². The van der Waals surface area contributed by atoms with Gasteiger partial charge in [-0.2, -0.15) is 0 Å². The van der Waals surface area contributed by atoms with E-state index in [0.717, 1.165) is 5.69 Å². The van der Waals surface area contributed by atoms with Crippen LogP contribution in [-0.4, -0.2) is 18.9 Å². The molecule has 1 aromatic carbocycles. The summed E-state index contributed by atoms with van der Waals surface area (Å²) in [4.78, 5) is 13.0. The topological polar surface area (TPSA) is 20.3 Å². The van der Waals surface area contributed by atoms with E-state index in [0.29, 0.717) is 25.9 Å². The van der Waals surface area contributed by atoms with Gasteiger partial charge in [0, 0.05) is 31.6 Å². The molecule has 0 amide bonds. The molecule has 0 unspecified atom stereocenters. The molecule has 0 bridgehead atoms. The van der Waals surface area contributed by atoms with Crippen LogP contribution in [-0.2, 0) is 4.79 Å². The highest BCUT2D eigenvalue weighted by molar-refractivity contribution is 6.30. The molecule has 0 spiro atoms. The van der Waals surface area contributed by atoms with E-state index in [1.807, 2.05) is 4.90 Å². The second-order valence-electron chi connectivity index (χ2n) is 3.62. The number of piperidine rings is 1. The molecule has 1 saturated heterocycles. The van der Waals surface area contributed by atoms with E-state index in [2.05, 4.69) is 0 Å². The van der Waals surface area contributed by atoms with Crippen molar-refractivity contribution in [1.82, 2.24) is 0 Å². The number of Topliss-reactive ketones (excluding diaryl/α,β-unsaturated/α-hetero) is 1. The van der Waals surface area contributed by atoms with Crippen molar-refractivity contribution in [3.8, 4) is 0 Å². The van der Waals surface area contributed by atoms with Crippen LogP contribution in [0.5, 0.6) is 0 Å². The highest BCUT2D eigenvalue weighted by Gasteiger charge is 2.17. The lowest BCUT2D eigenvalue weighted by Crippen LogP contribution is -2.33. The lowest BCUT2D eigenvalue weighted by atomic mass is 10.1. The summed E-state index contributed by atoms with van der Waals surface area (Å²) in [5.41, 5.74) is 0.796. The minimum Gasteiger partial charge on any atom is -0.371 e. The van der Waals surface area contributed by atoms with Gasteiger partial charge < -0.3 is 4.90 Å². The number of hydrogen-bond acceptors (Lipinski definition) is 2. The van der Waals surface area contributed by atoms with E-state index in [1.165, 1.54) is 6.07 Å². The summed E-state index contributed by atoms with van der Waals surface area (Å²) in [5.74, 6) is -0.133. The Morgan fingerprint density at radius 3 is 2.53 bits per heavy atom. The van der Waals surface area contributed by atoms with E-state index < -0.39 is 5.82 Å². The molecule has 0 aliphatic carbocycles. The monoisotopic (exact) mass is 227 g/mol. The summed E-state index contributed by atoms with van der Waals surface area (Å²) in [6.45, 7) is 1.33. The Balaban J connectivity index is 2.16. The molecule has 1 aliphatic rings. The Morgan fingerprint density at radius 2 is 1.93 bits per heavy atom. The first-order chi connectivity index (χ1) is 7.16. The number of nitrogens with zero attached hydrogens (tertiary/aromatic N) is 1. The molecular weight excluding hydrogens is 217 g/mol. The van der Waals surface area contributed by atoms with Crippen molar-refractivity contribution in [3.05, 3.63) is 29.0 Å². The van der Waals surface area contributed by atoms with E-state index in [1.54, 1.807) is 12.1 Å². The van der Waals surface area contributed by atoms with Crippen molar-refractivity contribution in [2.75, 3.05) is 18.0 Å². The lowest BCUT2D eigenvalue weighted by molar-refractivity contribution is -0.119. The summed E-state index contributed by atoms with van der Waals surface area (Å²) in [6, 6.07) is 4.74. The third-order valence-electron chi connectivity index (χ3n) is 2.59. The molecule has 2 nitrogen and oxygen atoms in total. The Bertz CT molecular complexity index is 384. The van der Waals surface area contributed by atoms with E-state index in [-0.39, 0.29) is 10.8 Å². The molecular formula is C11H11ClFNO. The fourth-order valence-corrected chi connectivity index (χ4v) is 1.81. The second-order valence-corrected chi connectivity index (χ2v) is 4.03. The van der Waals surface area contributed by atoms with Gasteiger partial charge in [0.1, 0.15) is 11.6 Å². The zero-order valence-corrected chi connectivity index (χ0v) is 8.93. The highest BCUT2D eigenvalue weighted by atomic mass is 35.5. The summed E-state index contributed by atoms with van der Waals surface area (Å²) < 4.78 is 13.2. The largest absolute Gasteiger partial charge is 0.371 e. The zero-order valence-electron chi connectivity index (χ0n) is 8.17. The van der Waals surface area contributed by atoms with Crippen molar-refractivity contribution < 1.29 is 9.18 Å². The van der Waals surface area contributed by atoms with Gasteiger partial charge >= 0.3 is 0 Å². The van der Waals surface area contributed by atoms with Gasteiger partial charge in [-0.25, -0.2) is 4.39 Å². The fourth-order valence-electron chi connectivity index (χ4n) is 1.70. The average Bonchev–Trinajstić information content (AvgIpc) is 2.23. The third-order valence-corrected chi connectivity index (χ3v) is 2.90. The minimum atomic E-state index is -0.411. The summed E-state index contributed by atoms with van der Waals surface area (Å²) in [5, 5.41) is 0.131. The molecule has 0 saturated carbocycles. The first-order valence-corrected chi connectivity index (χ1v) is 5.26. The van der Waals surface area contributed by atoms with Crippen LogP contribution in [0.4, 0.5) is 10.1 Å². The van der Waals surface area contributed by atoms with Crippen LogP contribution in [0.3, 0.4) is 0 Å². The summed E-state index contributed by atoms with van der Waals surface area (Å²) in [7, 11) is 0. The molecule has 0 radical (unpaired) electrons. The molecule has 1 aromatic rings. The second kappa shape index (κ2) is 4.19. The van der Waals surface area contributed by atoms with Crippen LogP contribution in [0.15, 0.2) is 18.2 Å². The Morgan fingerprint density at radius 1 is 1.27 bits per heavy atom. The number of ketones is 1. The molecule has 1 heterocycles. The fraction of sp³-hybridized carbons (Fsp3) is 0.364. The Labute approximate surface area is 92.6 Å². The molecule has 80 valence electrons. The van der Waals surface area contributed by atoms with Crippen LogP contribution < -0.4 is 4.90 Å². The number of carbonyl (C=O) groups excluding carboxylic acids is 1. The maximum atomic E-state index is 13.2. The normalized spacial score (nSPS) is 16.9. The van der Waals surface area contributed by atoms with Crippen LogP contribution in [0.1, 0.15) is 12.8 Å². The van der Waals surface area contributed by atoms with Crippen molar-refractivity contribution in [2.45, 2.75) is 12.8 Å². The summed E-state index contributed by atoms with van der Waals surface area (Å²) >= 11 is 5.60. The van der Waals surface area contributed by atoms with Gasteiger partial charge in [-0.15, -0.1) is 0 Å². The predicted octanol–water partition coefficient (Wildman–Crippen LogP) is 2.65. The Hall–Kier alpha value is -1.09. The van der Waals surface area contributed by atoms with Crippen LogP contribution >= 0.6 is 11.6 Å². The van der Waals surface area contributed by atoms with Crippen molar-refractivity contribution in [1.29, 1.82) is 0 Å². The van der Waals surface area contributed by atoms with Gasteiger partial charge in [-0.05, 0) is 18.2 Å². The van der Waals surface area contributed by atoms with Gasteiger partial charge in [0.05, 0.1) is 5.02 Å². The minimum absolute atomic E-state index is 0.131. The number of anilines is 1. The van der Waals surface area contributed by atoms with E-state index in [4.69, 9.17) is 11.6 Å². The van der Waals surface area contributed by atoms with Gasteiger partial charge in [0.2, 0.25) is 0 Å². The maximum Gasteiger partial charge on any atom is 0.143 e. The summed E-state index contributed by atoms with van der Waals surface area (Å²) in [6.07, 6.45) is 1.09. The quantitative estimate of drug-likeness (QED) is 0.735. The average molecular weight is 228 g/mol. The van der Waals surface area contributed by atoms with Gasteiger partial charge in [0.15, 0.2) is 0 Å². The van der Waals surface area contributed by atoms with Gasteiger partial charge in [0.25, 0.3) is 0 Å². The zero-order chi connectivity index (χ0) is 10.8. The standard InChI is InChI=1S/C11H11ClFNO/c12-10-2-1-8(7-11(10)13)14-5-3-9(15)4-6-14/h1-2,7H,3-6H2. The molecule has 0 N–H and O–H groups in total. The molecule has 1 aliphatic heterocycles. The van der Waals surface area contributed by atoms with Crippen LogP contribution in [0, 0.1) is 5.82 Å². The molecule has 2 rings (SSSR count). The Kier molecular flexibility index (Phi) is 2.91. The first-order valence-electron chi connectivity index (χ1n) is 4.88. The van der Waals surface area contributed by atoms with Crippen molar-refractivity contribution in [2.24, 2.45) is 0 Å². The molecule has 4 heteroatoms. The number of halogens is 2. The lowest BCUT2D eigenvalue weighted by Gasteiger charge is -2.28. The number of carbonyl (C=O) groups is 1. The molecule has 1 fully saturated rings. The third kappa shape index (κ3) is 2.29. The first kappa shape index (κ1) is 10.4. The van der Waals surface area contributed by atoms with Crippen LogP contribution in [0.25, 0.3) is 0 Å². The molecule has 0 aromatic heterocycles. The number of hydrogen-bond donors (Lipinski definition) is 0. The van der Waals surface area contributed by atoms with Crippen molar-refractivity contribution in [3.63, 3.8) is 0 Å². The smallest absolute Gasteiger partial charge is 0.143 e. The number of rotatable bonds is 1. The van der Waals surface area contributed by atoms with E-state index in [9.17, 15) is 9.18 Å². The molecule has 0 atom stereocenters. The van der Waals surface area contributed by atoms with Crippen molar-refractivity contribution >= 4 is 23.1 Å². The molecule has 15 heavy (non-hydrogen) atoms. The van der Waals surface area contributed by atoms with E-state index >= 15 is 0 Å².